The van der Waals surface area contributed by atoms with Gasteiger partial charge in [0.15, 0.2) is 0 Å². The number of carbonyl (C=O) groups is 1. The molecule has 0 aliphatic carbocycles. The highest BCUT2D eigenvalue weighted by Crippen LogP contribution is 2.20. The van der Waals surface area contributed by atoms with Crippen LogP contribution >= 0.6 is 15.9 Å². The minimum Gasteiger partial charge on any atom is -0.337 e. The van der Waals surface area contributed by atoms with Gasteiger partial charge in [-0.1, -0.05) is 47.1 Å². The van der Waals surface area contributed by atoms with E-state index in [-0.39, 0.29) is 12.5 Å². The van der Waals surface area contributed by atoms with Gasteiger partial charge in [-0.25, -0.2) is 0 Å². The lowest BCUT2D eigenvalue weighted by atomic mass is 10.1. The lowest BCUT2D eigenvalue weighted by Crippen LogP contribution is -2.31. The van der Waals surface area contributed by atoms with Crippen LogP contribution in [0.25, 0.3) is 11.4 Å². The van der Waals surface area contributed by atoms with Gasteiger partial charge in [0, 0.05) is 16.6 Å². The van der Waals surface area contributed by atoms with Crippen LogP contribution in [0.3, 0.4) is 0 Å². The molecule has 6 heteroatoms. The van der Waals surface area contributed by atoms with E-state index >= 15 is 0 Å². The summed E-state index contributed by atoms with van der Waals surface area (Å²) < 4.78 is 6.09. The van der Waals surface area contributed by atoms with Gasteiger partial charge in [-0.2, -0.15) is 4.98 Å². The molecule has 1 aromatic heterocycles. The van der Waals surface area contributed by atoms with E-state index in [1.165, 1.54) is 0 Å². The average Bonchev–Trinajstić information content (AvgIpc) is 3.10. The maximum atomic E-state index is 12.8. The van der Waals surface area contributed by atoms with Gasteiger partial charge >= 0.3 is 0 Å². The van der Waals surface area contributed by atoms with Gasteiger partial charge in [0.05, 0.1) is 5.56 Å². The van der Waals surface area contributed by atoms with Crippen LogP contribution in [0.2, 0.25) is 0 Å². The van der Waals surface area contributed by atoms with Crippen molar-refractivity contribution in [1.82, 2.24) is 15.0 Å². The molecule has 5 nitrogen and oxygen atoms in total. The molecule has 0 aliphatic heterocycles. The fourth-order valence-electron chi connectivity index (χ4n) is 2.56. The van der Waals surface area contributed by atoms with Crippen LogP contribution in [0.4, 0.5) is 0 Å². The van der Waals surface area contributed by atoms with E-state index in [9.17, 15) is 4.79 Å². The number of carbonyl (C=O) groups excluding carboxylic acids is 1. The Morgan fingerprint density at radius 1 is 1.27 bits per heavy atom. The van der Waals surface area contributed by atoms with Crippen LogP contribution in [0.15, 0.2) is 70.2 Å². The fraction of sp³-hybridized carbons (Fsp3) is 0.150. The third kappa shape index (κ3) is 4.08. The van der Waals surface area contributed by atoms with E-state index in [0.29, 0.717) is 23.8 Å². The number of aromatic nitrogens is 2. The summed E-state index contributed by atoms with van der Waals surface area (Å²) in [6.07, 6.45) is 1.67. The van der Waals surface area contributed by atoms with Gasteiger partial charge in [-0.3, -0.25) is 4.79 Å². The maximum absolute atomic E-state index is 12.8. The minimum absolute atomic E-state index is 0.132. The Bertz CT molecular complexity index is 936. The number of hydrogen-bond donors (Lipinski definition) is 0. The minimum atomic E-state index is -0.132. The fourth-order valence-corrected chi connectivity index (χ4v) is 3.02. The van der Waals surface area contributed by atoms with E-state index in [2.05, 4.69) is 32.6 Å². The molecule has 0 fully saturated rings. The van der Waals surface area contributed by atoms with Crippen LogP contribution in [-0.2, 0) is 6.54 Å². The quantitative estimate of drug-likeness (QED) is 0.554. The van der Waals surface area contributed by atoms with Crippen molar-refractivity contribution in [1.29, 1.82) is 0 Å². The van der Waals surface area contributed by atoms with Gasteiger partial charge in [-0.15, -0.1) is 6.58 Å². The lowest BCUT2D eigenvalue weighted by Gasteiger charge is -2.19. The van der Waals surface area contributed by atoms with Crippen LogP contribution in [0.1, 0.15) is 21.8 Å². The molecule has 3 rings (SSSR count). The second-order valence-corrected chi connectivity index (χ2v) is 6.69. The maximum Gasteiger partial charge on any atom is 0.255 e. The summed E-state index contributed by atoms with van der Waals surface area (Å²) >= 11 is 3.42. The molecule has 2 aromatic carbocycles. The molecule has 1 heterocycles. The van der Waals surface area contributed by atoms with E-state index in [1.54, 1.807) is 17.0 Å². The van der Waals surface area contributed by atoms with E-state index in [0.717, 1.165) is 15.6 Å². The molecule has 1 amide bonds. The highest BCUT2D eigenvalue weighted by atomic mass is 79.9. The van der Waals surface area contributed by atoms with Crippen molar-refractivity contribution in [2.24, 2.45) is 0 Å². The summed E-state index contributed by atoms with van der Waals surface area (Å²) in [6.45, 7) is 6.33. The van der Waals surface area contributed by atoms with Crippen molar-refractivity contribution in [2.75, 3.05) is 6.54 Å². The van der Waals surface area contributed by atoms with E-state index in [4.69, 9.17) is 4.52 Å². The highest BCUT2D eigenvalue weighted by molar-refractivity contribution is 9.10. The van der Waals surface area contributed by atoms with Gasteiger partial charge < -0.3 is 9.42 Å². The topological polar surface area (TPSA) is 59.2 Å². The molecule has 132 valence electrons. The van der Waals surface area contributed by atoms with Crippen LogP contribution in [0.5, 0.6) is 0 Å². The normalized spacial score (nSPS) is 10.5. The Kier molecular flexibility index (Phi) is 5.63. The summed E-state index contributed by atoms with van der Waals surface area (Å²) in [6, 6.07) is 15.2. The monoisotopic (exact) mass is 411 g/mol. The summed E-state index contributed by atoms with van der Waals surface area (Å²) in [7, 11) is 0. The average molecular weight is 412 g/mol. The molecule has 3 aromatic rings. The molecule has 0 bridgehead atoms. The van der Waals surface area contributed by atoms with Crippen molar-refractivity contribution >= 4 is 21.8 Å². The molecular formula is C20H18BrN3O2. The predicted octanol–water partition coefficient (Wildman–Crippen LogP) is 4.64. The number of rotatable bonds is 6. The van der Waals surface area contributed by atoms with Crippen LogP contribution < -0.4 is 0 Å². The van der Waals surface area contributed by atoms with Crippen molar-refractivity contribution in [3.05, 3.63) is 82.7 Å². The molecular weight excluding hydrogens is 394 g/mol. The van der Waals surface area contributed by atoms with Crippen LogP contribution in [-0.4, -0.2) is 27.5 Å². The number of benzene rings is 2. The molecule has 0 unspecified atom stereocenters. The number of amides is 1. The Morgan fingerprint density at radius 3 is 2.81 bits per heavy atom. The first kappa shape index (κ1) is 18.1. The van der Waals surface area contributed by atoms with Gasteiger partial charge in [-0.05, 0) is 41.1 Å². The zero-order valence-corrected chi connectivity index (χ0v) is 15.9. The molecule has 0 spiro atoms. The van der Waals surface area contributed by atoms with Crippen molar-refractivity contribution in [3.63, 3.8) is 0 Å². The molecule has 0 radical (unpaired) electrons. The molecule has 26 heavy (non-hydrogen) atoms. The van der Waals surface area contributed by atoms with Crippen molar-refractivity contribution < 1.29 is 9.32 Å². The molecule has 0 saturated carbocycles. The summed E-state index contributed by atoms with van der Waals surface area (Å²) in [4.78, 5) is 18.9. The van der Waals surface area contributed by atoms with Gasteiger partial charge in [0.2, 0.25) is 11.7 Å². The van der Waals surface area contributed by atoms with E-state index in [1.807, 2.05) is 49.4 Å². The summed E-state index contributed by atoms with van der Waals surface area (Å²) in [5.41, 5.74) is 2.58. The van der Waals surface area contributed by atoms with Gasteiger partial charge in [0.1, 0.15) is 6.54 Å². The number of hydrogen-bond acceptors (Lipinski definition) is 4. The number of halogens is 1. The molecule has 0 N–H and O–H groups in total. The van der Waals surface area contributed by atoms with Crippen molar-refractivity contribution in [2.45, 2.75) is 13.5 Å². The van der Waals surface area contributed by atoms with Gasteiger partial charge in [0.25, 0.3) is 5.91 Å². The predicted molar refractivity (Wildman–Crippen MR) is 104 cm³/mol. The summed E-state index contributed by atoms with van der Waals surface area (Å²) in [5.74, 6) is 0.757. The Balaban J connectivity index is 1.82. The molecule has 0 saturated heterocycles. The lowest BCUT2D eigenvalue weighted by molar-refractivity contribution is 0.0744. The van der Waals surface area contributed by atoms with E-state index < -0.39 is 0 Å². The Hall–Kier alpha value is -2.73. The second-order valence-electron chi connectivity index (χ2n) is 5.84. The third-order valence-electron chi connectivity index (χ3n) is 3.81. The first-order valence-electron chi connectivity index (χ1n) is 8.13. The molecule has 0 aliphatic rings. The highest BCUT2D eigenvalue weighted by Gasteiger charge is 2.20. The Morgan fingerprint density at radius 2 is 2.08 bits per heavy atom. The number of aryl methyl sites for hydroxylation is 1. The SMILES string of the molecule is C=CCN(Cc1nc(-c2cccc(C)c2)no1)C(=O)c1ccccc1Br. The number of nitrogens with zero attached hydrogens (tertiary/aromatic N) is 3. The summed E-state index contributed by atoms with van der Waals surface area (Å²) in [5, 5.41) is 4.03. The zero-order valence-electron chi connectivity index (χ0n) is 14.4. The standard InChI is InChI=1S/C20H18BrN3O2/c1-3-11-24(20(25)16-9-4-5-10-17(16)21)13-18-22-19(23-26-18)15-8-6-7-14(2)12-15/h3-10,12H,1,11,13H2,2H3. The van der Waals surface area contributed by atoms with Crippen LogP contribution in [0, 0.1) is 6.92 Å². The smallest absolute Gasteiger partial charge is 0.255 e. The molecule has 0 atom stereocenters. The first-order chi connectivity index (χ1) is 12.6. The Labute approximate surface area is 160 Å². The second kappa shape index (κ2) is 8.10. The first-order valence-corrected chi connectivity index (χ1v) is 8.92. The third-order valence-corrected chi connectivity index (χ3v) is 4.50. The zero-order chi connectivity index (χ0) is 18.5. The largest absolute Gasteiger partial charge is 0.337 e. The van der Waals surface area contributed by atoms with Crippen molar-refractivity contribution in [3.8, 4) is 11.4 Å².